The second-order valence-corrected chi connectivity index (χ2v) is 14.3. The Kier molecular flexibility index (Phi) is 17.2. The molecule has 4 rings (SSSR count). The summed E-state index contributed by atoms with van der Waals surface area (Å²) in [6.07, 6.45) is 1.88. The molecule has 1 saturated heterocycles. The van der Waals surface area contributed by atoms with E-state index in [1.807, 2.05) is 24.3 Å². The Hall–Kier alpha value is -6.50. The molecule has 0 radical (unpaired) electrons. The predicted octanol–water partition coefficient (Wildman–Crippen LogP) is -1.52. The molecular weight excluding hydrogens is 788 g/mol. The number of carbonyl (C=O) groups is 9. The van der Waals surface area contributed by atoms with E-state index >= 15 is 0 Å². The number of fused-ring (bicyclic) bond motifs is 1. The van der Waals surface area contributed by atoms with E-state index in [2.05, 4.69) is 47.5 Å². The van der Waals surface area contributed by atoms with E-state index in [0.717, 1.165) is 16.5 Å². The van der Waals surface area contributed by atoms with Gasteiger partial charge in [0.15, 0.2) is 0 Å². The lowest BCUT2D eigenvalue weighted by atomic mass is 10.0. The van der Waals surface area contributed by atoms with Crippen LogP contribution in [0.5, 0.6) is 0 Å². The number of halogens is 1. The van der Waals surface area contributed by atoms with E-state index in [1.165, 1.54) is 6.92 Å². The third kappa shape index (κ3) is 14.7. The zero-order valence-corrected chi connectivity index (χ0v) is 33.2. The van der Waals surface area contributed by atoms with Crippen LogP contribution in [0.15, 0.2) is 54.7 Å². The van der Waals surface area contributed by atoms with E-state index in [4.69, 9.17) is 17.3 Å². The average Bonchev–Trinajstić information content (AvgIpc) is 3.62. The van der Waals surface area contributed by atoms with Crippen molar-refractivity contribution in [1.29, 1.82) is 0 Å². The van der Waals surface area contributed by atoms with Crippen LogP contribution >= 0.6 is 11.6 Å². The Balaban J connectivity index is 1.56. The monoisotopic (exact) mass is 836 g/mol. The number of hydrogen-bond acceptors (Lipinski definition) is 9. The lowest BCUT2D eigenvalue weighted by Crippen LogP contribution is -2.56. The van der Waals surface area contributed by atoms with Gasteiger partial charge in [-0.2, -0.15) is 0 Å². The van der Waals surface area contributed by atoms with Crippen LogP contribution < -0.4 is 48.3 Å². The zero-order valence-electron chi connectivity index (χ0n) is 32.4. The SMILES string of the molecule is CC(=O)NCC(=O)NC1CCC(=O)NCCCC(C(N)=O)NC(=O)C(CCc2c[nH]c3ccccc23)NC(=O)CNC(=O)C(Cc2ccccc2Cl)NC(=O)CNC1=O. The Morgan fingerprint density at radius 3 is 2.17 bits per heavy atom. The van der Waals surface area contributed by atoms with Crippen LogP contribution in [0.2, 0.25) is 5.02 Å². The zero-order chi connectivity index (χ0) is 42.9. The van der Waals surface area contributed by atoms with Crippen LogP contribution in [0.4, 0.5) is 0 Å². The molecule has 2 aromatic carbocycles. The fourth-order valence-corrected chi connectivity index (χ4v) is 6.46. The van der Waals surface area contributed by atoms with E-state index in [-0.39, 0.29) is 45.1 Å². The number of amides is 9. The molecule has 11 N–H and O–H groups in total. The number of nitrogens with two attached hydrogens (primary N) is 1. The number of primary amides is 1. The number of carbonyl (C=O) groups excluding carboxylic acids is 9. The van der Waals surface area contributed by atoms with Crippen molar-refractivity contribution in [3.8, 4) is 0 Å². The molecular formula is C39H49ClN10O9. The Morgan fingerprint density at radius 1 is 0.780 bits per heavy atom. The first-order valence-corrected chi connectivity index (χ1v) is 19.4. The third-order valence-electron chi connectivity index (χ3n) is 9.37. The van der Waals surface area contributed by atoms with Crippen LogP contribution in [-0.2, 0) is 56.0 Å². The number of aryl methyl sites for hydroxylation is 1. The van der Waals surface area contributed by atoms with Gasteiger partial charge < -0.3 is 53.3 Å². The van der Waals surface area contributed by atoms with E-state index < -0.39 is 97.0 Å². The molecule has 4 atom stereocenters. The molecule has 4 unspecified atom stereocenters. The van der Waals surface area contributed by atoms with Crippen molar-refractivity contribution in [3.05, 3.63) is 70.9 Å². The summed E-state index contributed by atoms with van der Waals surface area (Å²) in [6.45, 7) is -0.457. The number of nitrogens with one attached hydrogen (secondary N) is 9. The quantitative estimate of drug-likeness (QED) is 0.120. The van der Waals surface area contributed by atoms with Crippen LogP contribution in [0.1, 0.15) is 50.2 Å². The maximum Gasteiger partial charge on any atom is 0.243 e. The summed E-state index contributed by atoms with van der Waals surface area (Å²) < 4.78 is 0. The van der Waals surface area contributed by atoms with Gasteiger partial charge in [0.1, 0.15) is 24.2 Å². The Bertz CT molecular complexity index is 2040. The molecule has 20 heteroatoms. The van der Waals surface area contributed by atoms with Gasteiger partial charge in [0, 0.05) is 48.4 Å². The highest BCUT2D eigenvalue weighted by molar-refractivity contribution is 6.31. The molecule has 0 saturated carbocycles. The van der Waals surface area contributed by atoms with Gasteiger partial charge in [-0.05, 0) is 55.4 Å². The highest BCUT2D eigenvalue weighted by atomic mass is 35.5. The molecule has 9 amide bonds. The minimum Gasteiger partial charge on any atom is -0.368 e. The van der Waals surface area contributed by atoms with Gasteiger partial charge in [-0.1, -0.05) is 48.0 Å². The highest BCUT2D eigenvalue weighted by Crippen LogP contribution is 2.20. The summed E-state index contributed by atoms with van der Waals surface area (Å²) in [5, 5.41) is 21.3. The van der Waals surface area contributed by atoms with Gasteiger partial charge in [0.05, 0.1) is 19.6 Å². The van der Waals surface area contributed by atoms with Crippen molar-refractivity contribution >= 4 is 75.7 Å². The van der Waals surface area contributed by atoms with Gasteiger partial charge in [-0.15, -0.1) is 0 Å². The van der Waals surface area contributed by atoms with E-state index in [1.54, 1.807) is 30.5 Å². The minimum absolute atomic E-state index is 0.0264. The van der Waals surface area contributed by atoms with Gasteiger partial charge >= 0.3 is 0 Å². The fourth-order valence-electron chi connectivity index (χ4n) is 6.25. The van der Waals surface area contributed by atoms with Crippen molar-refractivity contribution in [2.75, 3.05) is 26.2 Å². The second-order valence-electron chi connectivity index (χ2n) is 13.9. The van der Waals surface area contributed by atoms with Gasteiger partial charge in [-0.3, -0.25) is 43.2 Å². The van der Waals surface area contributed by atoms with E-state index in [9.17, 15) is 43.2 Å². The molecule has 0 spiro atoms. The van der Waals surface area contributed by atoms with Crippen molar-refractivity contribution < 1.29 is 43.2 Å². The topological polar surface area (TPSA) is 292 Å². The summed E-state index contributed by atoms with van der Waals surface area (Å²) in [6, 6.07) is 9.17. The maximum atomic E-state index is 13.7. The van der Waals surface area contributed by atoms with Crippen molar-refractivity contribution in [2.45, 2.75) is 76.0 Å². The maximum absolute atomic E-state index is 13.7. The standard InChI is InChI=1S/C39H49ClN10O9/c1-22(51)43-19-33(53)47-29-14-15-32(52)42-16-6-11-28(36(41)56)50-39(59)30(13-12-24-18-44-27-10-5-3-8-25(24)27)48-34(54)20-46-38(58)31(49-35(55)21-45-37(29)57)17-23-7-2-4-9-26(23)40/h2-5,7-10,18,28-31,44H,6,11-17,19-21H2,1H3,(H2,41,56)(H,42,52)(H,43,51)(H,45,57)(H,46,58)(H,47,53)(H,48,54)(H,49,55)(H,50,59). The first-order valence-electron chi connectivity index (χ1n) is 19.0. The molecule has 0 bridgehead atoms. The number of para-hydroxylation sites is 1. The molecule has 0 aliphatic carbocycles. The normalized spacial score (nSPS) is 20.8. The number of aromatic amines is 1. The molecule has 2 heterocycles. The first-order chi connectivity index (χ1) is 28.2. The van der Waals surface area contributed by atoms with Crippen LogP contribution in [0.3, 0.4) is 0 Å². The Labute approximate surface area is 344 Å². The molecule has 19 nitrogen and oxygen atoms in total. The second kappa shape index (κ2) is 22.4. The Morgan fingerprint density at radius 2 is 1.46 bits per heavy atom. The molecule has 316 valence electrons. The van der Waals surface area contributed by atoms with Crippen molar-refractivity contribution in [3.63, 3.8) is 0 Å². The van der Waals surface area contributed by atoms with Gasteiger partial charge in [0.2, 0.25) is 53.2 Å². The number of rotatable bonds is 9. The molecule has 1 aliphatic heterocycles. The smallest absolute Gasteiger partial charge is 0.243 e. The fraction of sp³-hybridized carbons (Fsp3) is 0.410. The third-order valence-corrected chi connectivity index (χ3v) is 9.74. The van der Waals surface area contributed by atoms with Crippen molar-refractivity contribution in [1.82, 2.24) is 47.5 Å². The molecule has 1 fully saturated rings. The summed E-state index contributed by atoms with van der Waals surface area (Å²) >= 11 is 6.35. The lowest BCUT2D eigenvalue weighted by molar-refractivity contribution is -0.133. The lowest BCUT2D eigenvalue weighted by Gasteiger charge is -2.23. The van der Waals surface area contributed by atoms with Crippen LogP contribution in [-0.4, -0.2) is 108 Å². The largest absolute Gasteiger partial charge is 0.368 e. The molecule has 3 aromatic rings. The first kappa shape index (κ1) is 45.2. The summed E-state index contributed by atoms with van der Waals surface area (Å²) in [5.74, 6) is -6.47. The summed E-state index contributed by atoms with van der Waals surface area (Å²) in [5.41, 5.74) is 7.87. The average molecular weight is 837 g/mol. The molecule has 1 aliphatic rings. The number of aromatic nitrogens is 1. The minimum atomic E-state index is -1.31. The predicted molar refractivity (Wildman–Crippen MR) is 215 cm³/mol. The number of hydrogen-bond donors (Lipinski definition) is 10. The number of H-pyrrole nitrogens is 1. The molecule has 1 aromatic heterocycles. The van der Waals surface area contributed by atoms with Gasteiger partial charge in [0.25, 0.3) is 0 Å². The van der Waals surface area contributed by atoms with Gasteiger partial charge in [-0.25, -0.2) is 0 Å². The summed E-state index contributed by atoms with van der Waals surface area (Å²) in [4.78, 5) is 119. The number of benzene rings is 2. The van der Waals surface area contributed by atoms with Crippen LogP contribution in [0, 0.1) is 0 Å². The highest BCUT2D eigenvalue weighted by Gasteiger charge is 2.29. The summed E-state index contributed by atoms with van der Waals surface area (Å²) in [7, 11) is 0. The van der Waals surface area contributed by atoms with Crippen LogP contribution in [0.25, 0.3) is 10.9 Å². The molecule has 59 heavy (non-hydrogen) atoms. The van der Waals surface area contributed by atoms with Crippen molar-refractivity contribution in [2.24, 2.45) is 5.73 Å². The van der Waals surface area contributed by atoms with E-state index in [0.29, 0.717) is 17.0 Å².